The van der Waals surface area contributed by atoms with Crippen LogP contribution in [0.3, 0.4) is 0 Å². The highest BCUT2D eigenvalue weighted by molar-refractivity contribution is 7.80. The third-order valence-electron chi connectivity index (χ3n) is 10.5. The molecule has 310 valence electrons. The molecule has 2 N–H and O–H groups in total. The molecule has 1 rings (SSSR count). The minimum absolute atomic E-state index is 0.202. The van der Waals surface area contributed by atoms with Crippen LogP contribution in [0.15, 0.2) is 4.99 Å². The number of nitrogens with one attached hydrogen (secondary N) is 1. The number of carbonyl (C=O) groups is 1. The Balaban J connectivity index is 0.00000397. The number of aliphatic imine (C=N–C) groups is 1. The smallest absolute Gasteiger partial charge is 0.336 e. The van der Waals surface area contributed by atoms with Crippen molar-refractivity contribution in [2.75, 3.05) is 20.2 Å². The molecule has 0 fully saturated rings. The van der Waals surface area contributed by atoms with E-state index in [4.69, 9.17) is 9.55 Å². The summed E-state index contributed by atoms with van der Waals surface area (Å²) in [4.78, 5) is 20.0. The van der Waals surface area contributed by atoms with Gasteiger partial charge in [-0.1, -0.05) is 200 Å². The topological polar surface area (TPSA) is 108 Å². The number of amidine groups is 1. The van der Waals surface area contributed by atoms with Crippen molar-refractivity contribution in [3.05, 3.63) is 0 Å². The first kappa shape index (κ1) is 50.8. The monoisotopic (exact) mass is 758 g/mol. The molecule has 9 heteroatoms. The first-order valence-corrected chi connectivity index (χ1v) is 23.6. The molecule has 0 aromatic rings. The zero-order valence-corrected chi connectivity index (χ0v) is 35.9. The van der Waals surface area contributed by atoms with Crippen LogP contribution < -0.4 is 5.32 Å². The molecule has 0 aromatic carbocycles. The number of hydrogen-bond donors (Lipinski definition) is 2. The number of nitrogens with zero attached hydrogens (tertiary/aromatic N) is 2. The van der Waals surface area contributed by atoms with E-state index in [1.165, 1.54) is 198 Å². The molecular formula is C43H87N3O5S. The summed E-state index contributed by atoms with van der Waals surface area (Å²) in [5.74, 6) is 1.41. The highest BCUT2D eigenvalue weighted by Gasteiger charge is 2.32. The minimum atomic E-state index is -4.16. The summed E-state index contributed by atoms with van der Waals surface area (Å²) in [6.07, 6.45) is 44.5. The molecule has 0 spiro atoms. The Morgan fingerprint density at radius 3 is 1.27 bits per heavy atom. The first-order chi connectivity index (χ1) is 25.1. The van der Waals surface area contributed by atoms with E-state index in [1.54, 1.807) is 0 Å². The Kier molecular flexibility index (Phi) is 34.7. The lowest BCUT2D eigenvalue weighted by Crippen LogP contribution is -2.57. The quantitative estimate of drug-likeness (QED) is 0.0486. The molecular weight excluding hydrogens is 671 g/mol. The average Bonchev–Trinajstić information content (AvgIpc) is 3.59. The van der Waals surface area contributed by atoms with Crippen LogP contribution in [0, 0.1) is 0 Å². The molecule has 1 aliphatic heterocycles. The molecule has 0 aliphatic carbocycles. The molecule has 0 unspecified atom stereocenters. The highest BCUT2D eigenvalue weighted by Crippen LogP contribution is 2.21. The molecule has 0 aromatic heterocycles. The molecule has 0 saturated heterocycles. The van der Waals surface area contributed by atoms with Crippen LogP contribution >= 0.6 is 0 Å². The first-order valence-electron chi connectivity index (χ1n) is 22.2. The van der Waals surface area contributed by atoms with E-state index in [2.05, 4.69) is 42.1 Å². The van der Waals surface area contributed by atoms with Crippen molar-refractivity contribution < 1.29 is 21.9 Å². The van der Waals surface area contributed by atoms with Crippen molar-refractivity contribution >= 4 is 22.1 Å². The van der Waals surface area contributed by atoms with Crippen LogP contribution in [0.5, 0.6) is 0 Å². The van der Waals surface area contributed by atoms with E-state index in [9.17, 15) is 13.2 Å². The van der Waals surface area contributed by atoms with Gasteiger partial charge >= 0.3 is 10.4 Å². The fourth-order valence-corrected chi connectivity index (χ4v) is 7.27. The Bertz CT molecular complexity index is 941. The van der Waals surface area contributed by atoms with Gasteiger partial charge < -0.3 is 10.2 Å². The van der Waals surface area contributed by atoms with Gasteiger partial charge in [-0.3, -0.25) is 18.5 Å². The third-order valence-corrected chi connectivity index (χ3v) is 10.9. The van der Waals surface area contributed by atoms with Crippen molar-refractivity contribution in [1.82, 2.24) is 10.2 Å². The Morgan fingerprint density at radius 1 is 0.635 bits per heavy atom. The second-order valence-corrected chi connectivity index (χ2v) is 17.1. The summed E-state index contributed by atoms with van der Waals surface area (Å²) < 4.78 is 29.7. The summed E-state index contributed by atoms with van der Waals surface area (Å²) in [5.41, 5.74) is -0.350. The van der Waals surface area contributed by atoms with Gasteiger partial charge in [0.1, 0.15) is 11.5 Å². The predicted molar refractivity (Wildman–Crippen MR) is 223 cm³/mol. The van der Waals surface area contributed by atoms with E-state index in [0.29, 0.717) is 6.42 Å². The van der Waals surface area contributed by atoms with Gasteiger partial charge in [0.2, 0.25) is 5.91 Å². The van der Waals surface area contributed by atoms with Gasteiger partial charge in [-0.2, -0.15) is 8.42 Å². The maximum Gasteiger partial charge on any atom is 0.397 e. The van der Waals surface area contributed by atoms with E-state index in [0.717, 1.165) is 33.0 Å². The zero-order valence-electron chi connectivity index (χ0n) is 35.1. The van der Waals surface area contributed by atoms with Crippen LogP contribution in [-0.2, 0) is 19.4 Å². The van der Waals surface area contributed by atoms with Crippen LogP contribution in [0.2, 0.25) is 0 Å². The van der Waals surface area contributed by atoms with E-state index >= 15 is 0 Å². The lowest BCUT2D eigenvalue weighted by atomic mass is 10.0. The van der Waals surface area contributed by atoms with Crippen molar-refractivity contribution in [3.63, 3.8) is 0 Å². The summed E-state index contributed by atoms with van der Waals surface area (Å²) in [6, 6.07) is 0. The standard InChI is InChI=1S/C42H83N3O.CH4O4S/c1-5-7-9-11-13-15-17-19-21-23-24-26-28-30-32-34-36-40-43-38-39-45(40)42(3,4)44-41(46)37-35-33-31-29-27-25-22-20-18-16-14-12-10-8-6-2;1-5-6(2,3)4/h5-39H2,1-4H3,(H,44,46);1H3,(H,2,3,4). The third kappa shape index (κ3) is 33.4. The van der Waals surface area contributed by atoms with Gasteiger partial charge in [0.05, 0.1) is 13.7 Å². The zero-order chi connectivity index (χ0) is 38.6. The number of unbranched alkanes of at least 4 members (excludes halogenated alkanes) is 29. The minimum Gasteiger partial charge on any atom is -0.336 e. The van der Waals surface area contributed by atoms with Crippen molar-refractivity contribution in [2.24, 2.45) is 4.99 Å². The number of hydrogen-bond acceptors (Lipinski definition) is 6. The van der Waals surface area contributed by atoms with Crippen LogP contribution in [0.25, 0.3) is 0 Å². The Labute approximate surface area is 323 Å². The maximum absolute atomic E-state index is 12.8. The van der Waals surface area contributed by atoms with Gasteiger partial charge in [0.15, 0.2) is 0 Å². The molecule has 1 amide bonds. The van der Waals surface area contributed by atoms with Crippen LogP contribution in [0.4, 0.5) is 0 Å². The SMILES string of the molecule is CCCCCCCCCCCCCCCCCCC1=NCCN1C(C)(C)NC(=O)CCCCCCCCCCCCCCCCC.COS(=O)(=O)O. The fourth-order valence-electron chi connectivity index (χ4n) is 7.27. The van der Waals surface area contributed by atoms with Crippen LogP contribution in [-0.4, -0.2) is 55.5 Å². The summed E-state index contributed by atoms with van der Waals surface area (Å²) in [7, 11) is -3.29. The van der Waals surface area contributed by atoms with Crippen molar-refractivity contribution in [3.8, 4) is 0 Å². The molecule has 52 heavy (non-hydrogen) atoms. The second-order valence-electron chi connectivity index (χ2n) is 15.9. The lowest BCUT2D eigenvalue weighted by Gasteiger charge is -2.38. The predicted octanol–water partition coefficient (Wildman–Crippen LogP) is 12.9. The molecule has 1 heterocycles. The number of amides is 1. The van der Waals surface area contributed by atoms with E-state index in [1.807, 2.05) is 0 Å². The second kappa shape index (κ2) is 35.5. The molecule has 0 saturated carbocycles. The molecule has 0 radical (unpaired) electrons. The highest BCUT2D eigenvalue weighted by atomic mass is 32.3. The maximum atomic E-state index is 12.8. The van der Waals surface area contributed by atoms with Gasteiger partial charge in [0, 0.05) is 19.4 Å². The van der Waals surface area contributed by atoms with Crippen molar-refractivity contribution in [2.45, 2.75) is 245 Å². The largest absolute Gasteiger partial charge is 0.397 e. The molecule has 0 bridgehead atoms. The molecule has 1 aliphatic rings. The Hall–Kier alpha value is -1.19. The summed E-state index contributed by atoms with van der Waals surface area (Å²) in [5, 5.41) is 3.34. The summed E-state index contributed by atoms with van der Waals surface area (Å²) >= 11 is 0. The van der Waals surface area contributed by atoms with Gasteiger partial charge in [-0.25, -0.2) is 0 Å². The summed E-state index contributed by atoms with van der Waals surface area (Å²) in [6.45, 7) is 10.7. The van der Waals surface area contributed by atoms with E-state index < -0.39 is 10.4 Å². The normalized spacial score (nSPS) is 13.3. The van der Waals surface area contributed by atoms with E-state index in [-0.39, 0.29) is 11.6 Å². The van der Waals surface area contributed by atoms with Crippen LogP contribution in [0.1, 0.15) is 240 Å². The van der Waals surface area contributed by atoms with Crippen molar-refractivity contribution in [1.29, 1.82) is 0 Å². The van der Waals surface area contributed by atoms with Gasteiger partial charge in [0.25, 0.3) is 0 Å². The number of rotatable bonds is 36. The lowest BCUT2D eigenvalue weighted by molar-refractivity contribution is -0.124. The average molecular weight is 758 g/mol. The van der Waals surface area contributed by atoms with Gasteiger partial charge in [-0.15, -0.1) is 0 Å². The fraction of sp³-hybridized carbons (Fsp3) is 0.953. The number of carbonyl (C=O) groups excluding carboxylic acids is 1. The van der Waals surface area contributed by atoms with Gasteiger partial charge in [-0.05, 0) is 26.7 Å². The molecule has 8 nitrogen and oxygen atoms in total. The molecule has 0 atom stereocenters. The Morgan fingerprint density at radius 2 is 0.942 bits per heavy atom.